The highest BCUT2D eigenvalue weighted by Gasteiger charge is 2.18. The number of rotatable bonds is 3. The Morgan fingerprint density at radius 2 is 1.86 bits per heavy atom. The van der Waals surface area contributed by atoms with Crippen LogP contribution >= 0.6 is 11.6 Å². The van der Waals surface area contributed by atoms with Crippen molar-refractivity contribution in [2.75, 3.05) is 25.4 Å². The second kappa shape index (κ2) is 7.31. The van der Waals surface area contributed by atoms with Gasteiger partial charge in [0.05, 0.1) is 5.56 Å². The van der Waals surface area contributed by atoms with Crippen molar-refractivity contribution in [2.45, 2.75) is 25.7 Å². The number of hydrogen-bond donors (Lipinski definition) is 1. The topological polar surface area (TPSA) is 72.6 Å². The first-order chi connectivity index (χ1) is 10.1. The Labute approximate surface area is 129 Å². The number of nitrogens with two attached hydrogens (primary N) is 1. The van der Waals surface area contributed by atoms with Crippen LogP contribution in [-0.2, 0) is 9.53 Å². The third kappa shape index (κ3) is 4.36. The zero-order valence-corrected chi connectivity index (χ0v) is 12.6. The van der Waals surface area contributed by atoms with Crippen LogP contribution in [0.1, 0.15) is 36.0 Å². The molecule has 0 aliphatic carbocycles. The quantitative estimate of drug-likeness (QED) is 0.687. The molecule has 2 N–H and O–H groups in total. The van der Waals surface area contributed by atoms with Crippen LogP contribution in [0.5, 0.6) is 0 Å². The zero-order chi connectivity index (χ0) is 15.2. The molecule has 0 bridgehead atoms. The van der Waals surface area contributed by atoms with Crippen LogP contribution in [0.2, 0.25) is 5.02 Å². The van der Waals surface area contributed by atoms with Gasteiger partial charge in [-0.1, -0.05) is 24.4 Å². The van der Waals surface area contributed by atoms with E-state index in [1.165, 1.54) is 12.1 Å². The first-order valence-corrected chi connectivity index (χ1v) is 7.45. The summed E-state index contributed by atoms with van der Waals surface area (Å²) in [6.45, 7) is 1.20. The van der Waals surface area contributed by atoms with Crippen LogP contribution in [0.3, 0.4) is 0 Å². The zero-order valence-electron chi connectivity index (χ0n) is 11.8. The molecule has 1 aliphatic rings. The molecular weight excluding hydrogens is 292 g/mol. The van der Waals surface area contributed by atoms with E-state index < -0.39 is 5.97 Å². The average Bonchev–Trinajstić information content (AvgIpc) is 2.76. The van der Waals surface area contributed by atoms with Gasteiger partial charge in [-0.2, -0.15) is 0 Å². The highest BCUT2D eigenvalue weighted by Crippen LogP contribution is 2.19. The SMILES string of the molecule is Nc1ccc(Cl)cc1C(=O)OCC(=O)N1CCCCCC1. The Balaban J connectivity index is 1.91. The van der Waals surface area contributed by atoms with E-state index in [0.29, 0.717) is 5.02 Å². The van der Waals surface area contributed by atoms with Gasteiger partial charge < -0.3 is 15.4 Å². The van der Waals surface area contributed by atoms with Crippen molar-refractivity contribution >= 4 is 29.2 Å². The maximum Gasteiger partial charge on any atom is 0.340 e. The summed E-state index contributed by atoms with van der Waals surface area (Å²) in [7, 11) is 0. The lowest BCUT2D eigenvalue weighted by Crippen LogP contribution is -2.35. The minimum absolute atomic E-state index is 0.161. The number of carbonyl (C=O) groups excluding carboxylic acids is 2. The molecule has 114 valence electrons. The fourth-order valence-corrected chi connectivity index (χ4v) is 2.49. The van der Waals surface area contributed by atoms with Crippen LogP contribution < -0.4 is 5.73 Å². The first kappa shape index (κ1) is 15.6. The molecule has 1 fully saturated rings. The Bertz CT molecular complexity index is 526. The molecule has 1 aromatic rings. The number of ether oxygens (including phenoxy) is 1. The number of esters is 1. The summed E-state index contributed by atoms with van der Waals surface area (Å²) in [5, 5.41) is 0.398. The number of amides is 1. The number of halogens is 1. The van der Waals surface area contributed by atoms with E-state index in [1.54, 1.807) is 11.0 Å². The molecule has 0 atom stereocenters. The number of hydrogen-bond acceptors (Lipinski definition) is 4. The number of likely N-dealkylation sites (tertiary alicyclic amines) is 1. The molecule has 0 radical (unpaired) electrons. The third-order valence-electron chi connectivity index (χ3n) is 3.52. The lowest BCUT2D eigenvalue weighted by molar-refractivity contribution is -0.134. The summed E-state index contributed by atoms with van der Waals surface area (Å²) in [6.07, 6.45) is 4.28. The Morgan fingerprint density at radius 3 is 2.52 bits per heavy atom. The molecule has 1 aliphatic heterocycles. The molecular formula is C15H19ClN2O3. The number of benzene rings is 1. The predicted molar refractivity (Wildman–Crippen MR) is 81.2 cm³/mol. The van der Waals surface area contributed by atoms with Crippen LogP contribution in [0.15, 0.2) is 18.2 Å². The lowest BCUT2D eigenvalue weighted by atomic mass is 10.2. The summed E-state index contributed by atoms with van der Waals surface area (Å²) in [4.78, 5) is 25.7. The van der Waals surface area contributed by atoms with Crippen LogP contribution in [0.25, 0.3) is 0 Å². The van der Waals surface area contributed by atoms with Gasteiger partial charge >= 0.3 is 5.97 Å². The van der Waals surface area contributed by atoms with Crippen molar-refractivity contribution in [3.8, 4) is 0 Å². The molecule has 0 spiro atoms. The summed E-state index contributed by atoms with van der Waals surface area (Å²) in [5.41, 5.74) is 6.18. The van der Waals surface area contributed by atoms with Gasteiger partial charge in [0.15, 0.2) is 6.61 Å². The van der Waals surface area contributed by atoms with Crippen molar-refractivity contribution < 1.29 is 14.3 Å². The van der Waals surface area contributed by atoms with Crippen molar-refractivity contribution in [3.63, 3.8) is 0 Å². The molecule has 6 heteroatoms. The number of carbonyl (C=O) groups is 2. The van der Waals surface area contributed by atoms with Crippen LogP contribution in [0.4, 0.5) is 5.69 Å². The lowest BCUT2D eigenvalue weighted by Gasteiger charge is -2.20. The monoisotopic (exact) mass is 310 g/mol. The van der Waals surface area contributed by atoms with E-state index >= 15 is 0 Å². The van der Waals surface area contributed by atoms with Gasteiger partial charge in [0.2, 0.25) is 0 Å². The van der Waals surface area contributed by atoms with Crippen LogP contribution in [-0.4, -0.2) is 36.5 Å². The maximum atomic E-state index is 12.0. The molecule has 5 nitrogen and oxygen atoms in total. The van der Waals surface area contributed by atoms with Gasteiger partial charge in [-0.3, -0.25) is 4.79 Å². The normalized spacial score (nSPS) is 15.4. The molecule has 0 saturated carbocycles. The number of nitrogens with zero attached hydrogens (tertiary/aromatic N) is 1. The summed E-state index contributed by atoms with van der Waals surface area (Å²) in [6, 6.07) is 4.57. The van der Waals surface area contributed by atoms with Gasteiger partial charge in [-0.25, -0.2) is 4.79 Å². The molecule has 1 heterocycles. The largest absolute Gasteiger partial charge is 0.452 e. The molecule has 1 amide bonds. The minimum Gasteiger partial charge on any atom is -0.452 e. The third-order valence-corrected chi connectivity index (χ3v) is 3.76. The van der Waals surface area contributed by atoms with Gasteiger partial charge in [0.1, 0.15) is 0 Å². The summed E-state index contributed by atoms with van der Waals surface area (Å²) in [5.74, 6) is -0.788. The second-order valence-electron chi connectivity index (χ2n) is 5.10. The van der Waals surface area contributed by atoms with Gasteiger partial charge in [0.25, 0.3) is 5.91 Å². The predicted octanol–water partition coefficient (Wildman–Crippen LogP) is 2.48. The molecule has 1 aromatic carbocycles. The van der Waals surface area contributed by atoms with E-state index in [1.807, 2.05) is 0 Å². The number of nitrogen functional groups attached to an aromatic ring is 1. The smallest absolute Gasteiger partial charge is 0.340 e. The highest BCUT2D eigenvalue weighted by atomic mass is 35.5. The number of anilines is 1. The molecule has 21 heavy (non-hydrogen) atoms. The summed E-state index contributed by atoms with van der Waals surface area (Å²) < 4.78 is 5.05. The Hall–Kier alpha value is -1.75. The summed E-state index contributed by atoms with van der Waals surface area (Å²) >= 11 is 5.82. The Kier molecular flexibility index (Phi) is 5.44. The van der Waals surface area contributed by atoms with E-state index in [9.17, 15) is 9.59 Å². The van der Waals surface area contributed by atoms with Crippen molar-refractivity contribution in [1.82, 2.24) is 4.90 Å². The Morgan fingerprint density at radius 1 is 1.19 bits per heavy atom. The van der Waals surface area contributed by atoms with Crippen molar-refractivity contribution in [2.24, 2.45) is 0 Å². The van der Waals surface area contributed by atoms with E-state index in [0.717, 1.165) is 38.8 Å². The molecule has 2 rings (SSSR count). The van der Waals surface area contributed by atoms with Crippen molar-refractivity contribution in [1.29, 1.82) is 0 Å². The maximum absolute atomic E-state index is 12.0. The van der Waals surface area contributed by atoms with Gasteiger partial charge in [0, 0.05) is 23.8 Å². The fraction of sp³-hybridized carbons (Fsp3) is 0.467. The van der Waals surface area contributed by atoms with Gasteiger partial charge in [-0.15, -0.1) is 0 Å². The average molecular weight is 311 g/mol. The fourth-order valence-electron chi connectivity index (χ4n) is 2.32. The standard InChI is InChI=1S/C15H19ClN2O3/c16-11-5-6-13(17)12(9-11)15(20)21-10-14(19)18-7-3-1-2-4-8-18/h5-6,9H,1-4,7-8,10,17H2. The molecule has 1 saturated heterocycles. The molecule has 0 aromatic heterocycles. The first-order valence-electron chi connectivity index (χ1n) is 7.08. The minimum atomic E-state index is -0.627. The van der Waals surface area contributed by atoms with Gasteiger partial charge in [-0.05, 0) is 31.0 Å². The van der Waals surface area contributed by atoms with E-state index in [-0.39, 0.29) is 23.8 Å². The highest BCUT2D eigenvalue weighted by molar-refractivity contribution is 6.31. The van der Waals surface area contributed by atoms with E-state index in [4.69, 9.17) is 22.1 Å². The molecule has 0 unspecified atom stereocenters. The van der Waals surface area contributed by atoms with Crippen LogP contribution in [0, 0.1) is 0 Å². The second-order valence-corrected chi connectivity index (χ2v) is 5.54. The van der Waals surface area contributed by atoms with Crippen molar-refractivity contribution in [3.05, 3.63) is 28.8 Å². The van der Waals surface area contributed by atoms with E-state index in [2.05, 4.69) is 0 Å².